The van der Waals surface area contributed by atoms with Gasteiger partial charge in [0.25, 0.3) is 0 Å². The minimum atomic E-state index is -0.950. The van der Waals surface area contributed by atoms with Crippen LogP contribution >= 0.6 is 0 Å². The highest BCUT2D eigenvalue weighted by molar-refractivity contribution is 6.05. The predicted molar refractivity (Wildman–Crippen MR) is 116 cm³/mol. The van der Waals surface area contributed by atoms with Gasteiger partial charge in [0.1, 0.15) is 12.2 Å². The van der Waals surface area contributed by atoms with Crippen molar-refractivity contribution in [2.45, 2.75) is 66.2 Å². The van der Waals surface area contributed by atoms with E-state index in [0.717, 1.165) is 10.3 Å². The zero-order valence-electron chi connectivity index (χ0n) is 18.9. The molecular formula is C23H32N2O6. The summed E-state index contributed by atoms with van der Waals surface area (Å²) in [4.78, 5) is 31.1. The molecule has 3 N–H and O–H groups in total. The topological polar surface area (TPSA) is 110 Å². The van der Waals surface area contributed by atoms with Crippen molar-refractivity contribution in [2.75, 3.05) is 0 Å². The van der Waals surface area contributed by atoms with Crippen molar-refractivity contribution in [3.8, 4) is 11.8 Å². The van der Waals surface area contributed by atoms with Crippen LogP contribution in [0, 0.1) is 12.8 Å². The number of hydrogen-bond acceptors (Lipinski definition) is 6. The van der Waals surface area contributed by atoms with Crippen molar-refractivity contribution < 1.29 is 29.4 Å². The van der Waals surface area contributed by atoms with Crippen molar-refractivity contribution in [1.82, 2.24) is 10.0 Å². The Morgan fingerprint density at radius 2 is 1.74 bits per heavy atom. The molecule has 1 amide bonds. The van der Waals surface area contributed by atoms with E-state index in [2.05, 4.69) is 5.32 Å². The van der Waals surface area contributed by atoms with E-state index in [1.807, 2.05) is 44.2 Å². The van der Waals surface area contributed by atoms with Crippen molar-refractivity contribution in [2.24, 2.45) is 5.92 Å². The Morgan fingerprint density at radius 3 is 2.29 bits per heavy atom. The number of alkyl carbamates (subject to hydrolysis) is 1. The monoisotopic (exact) mass is 432 g/mol. The molecule has 0 saturated carbocycles. The van der Waals surface area contributed by atoms with E-state index in [1.54, 1.807) is 20.8 Å². The fourth-order valence-electron chi connectivity index (χ4n) is 3.06. The van der Waals surface area contributed by atoms with Crippen LogP contribution in [0.4, 0.5) is 4.79 Å². The van der Waals surface area contributed by atoms with Crippen LogP contribution in [0.2, 0.25) is 0 Å². The SMILES string of the molecule is CC[C@H](C)[C@H](NC(=O)OC(C)(C)C)C(=O)c1c(C)c(O)n(OCc2ccccc2)c1O. The molecule has 8 heteroatoms. The first-order valence-electron chi connectivity index (χ1n) is 10.3. The van der Waals surface area contributed by atoms with Crippen LogP contribution in [0.5, 0.6) is 11.8 Å². The molecule has 0 unspecified atom stereocenters. The maximum absolute atomic E-state index is 13.3. The average molecular weight is 433 g/mol. The Bertz CT molecular complexity index is 914. The first kappa shape index (κ1) is 24.1. The number of nitrogens with zero attached hydrogens (tertiary/aromatic N) is 1. The molecule has 0 radical (unpaired) electrons. The zero-order valence-corrected chi connectivity index (χ0v) is 18.9. The van der Waals surface area contributed by atoms with E-state index in [1.165, 1.54) is 6.92 Å². The summed E-state index contributed by atoms with van der Waals surface area (Å²) in [5.74, 6) is -1.67. The molecule has 0 spiro atoms. The molecule has 8 nitrogen and oxygen atoms in total. The Kier molecular flexibility index (Phi) is 7.60. The fourth-order valence-corrected chi connectivity index (χ4v) is 3.06. The molecule has 31 heavy (non-hydrogen) atoms. The summed E-state index contributed by atoms with van der Waals surface area (Å²) < 4.78 is 6.11. The maximum Gasteiger partial charge on any atom is 0.408 e. The van der Waals surface area contributed by atoms with Crippen molar-refractivity contribution >= 4 is 11.9 Å². The van der Waals surface area contributed by atoms with Gasteiger partial charge >= 0.3 is 6.09 Å². The number of amides is 1. The van der Waals surface area contributed by atoms with E-state index >= 15 is 0 Å². The molecule has 2 aromatic rings. The van der Waals surface area contributed by atoms with Gasteiger partial charge < -0.3 is 25.1 Å². The second-order valence-corrected chi connectivity index (χ2v) is 8.57. The average Bonchev–Trinajstić information content (AvgIpc) is 2.91. The number of ketones is 1. The Labute approximate surface area is 182 Å². The van der Waals surface area contributed by atoms with Crippen molar-refractivity contribution in [1.29, 1.82) is 0 Å². The lowest BCUT2D eigenvalue weighted by atomic mass is 9.91. The van der Waals surface area contributed by atoms with Gasteiger partial charge in [-0.25, -0.2) is 4.79 Å². The normalized spacial score (nSPS) is 13.4. The van der Waals surface area contributed by atoms with Gasteiger partial charge in [-0.15, -0.1) is 4.73 Å². The Hall–Kier alpha value is -3.16. The molecule has 2 atom stereocenters. The highest BCUT2D eigenvalue weighted by Crippen LogP contribution is 2.34. The van der Waals surface area contributed by atoms with E-state index in [0.29, 0.717) is 6.42 Å². The molecule has 1 aromatic heterocycles. The summed E-state index contributed by atoms with van der Waals surface area (Å²) in [5, 5.41) is 23.7. The molecule has 0 saturated heterocycles. The molecule has 0 aliphatic rings. The molecule has 2 rings (SSSR count). The fraction of sp³-hybridized carbons (Fsp3) is 0.478. The number of carbonyl (C=O) groups is 2. The predicted octanol–water partition coefficient (Wildman–Crippen LogP) is 3.96. The van der Waals surface area contributed by atoms with Crippen LogP contribution in [0.15, 0.2) is 30.3 Å². The van der Waals surface area contributed by atoms with Gasteiger partial charge in [0, 0.05) is 5.56 Å². The smallest absolute Gasteiger partial charge is 0.408 e. The van der Waals surface area contributed by atoms with Gasteiger partial charge in [-0.2, -0.15) is 0 Å². The van der Waals surface area contributed by atoms with Gasteiger partial charge in [0.15, 0.2) is 5.78 Å². The van der Waals surface area contributed by atoms with Gasteiger partial charge in [-0.1, -0.05) is 50.6 Å². The van der Waals surface area contributed by atoms with Gasteiger partial charge in [0.05, 0.1) is 11.6 Å². The molecule has 1 heterocycles. The number of benzene rings is 1. The molecule has 0 aliphatic carbocycles. The number of rotatable bonds is 8. The number of Topliss-reactive ketones (excluding diaryl/α,β-unsaturated/α-hetero) is 1. The van der Waals surface area contributed by atoms with Crippen LogP contribution in [0.3, 0.4) is 0 Å². The van der Waals surface area contributed by atoms with E-state index < -0.39 is 29.4 Å². The number of nitrogens with one attached hydrogen (secondary N) is 1. The molecular weight excluding hydrogens is 400 g/mol. The molecule has 0 bridgehead atoms. The van der Waals surface area contributed by atoms with Crippen LogP contribution in [0.25, 0.3) is 0 Å². The molecule has 170 valence electrons. The van der Waals surface area contributed by atoms with Crippen molar-refractivity contribution in [3.63, 3.8) is 0 Å². The van der Waals surface area contributed by atoms with Gasteiger partial charge in [0.2, 0.25) is 11.8 Å². The minimum absolute atomic E-state index is 0.0780. The minimum Gasteiger partial charge on any atom is -0.492 e. The summed E-state index contributed by atoms with van der Waals surface area (Å²) in [6.45, 7) is 10.5. The highest BCUT2D eigenvalue weighted by atomic mass is 16.7. The van der Waals surface area contributed by atoms with E-state index in [9.17, 15) is 19.8 Å². The molecule has 0 fully saturated rings. The quantitative estimate of drug-likeness (QED) is 0.545. The van der Waals surface area contributed by atoms with Crippen molar-refractivity contribution in [3.05, 3.63) is 47.0 Å². The number of aromatic hydroxyl groups is 2. The van der Waals surface area contributed by atoms with Gasteiger partial charge in [-0.05, 0) is 39.2 Å². The summed E-state index contributed by atoms with van der Waals surface area (Å²) in [6.07, 6.45) is -0.129. The number of carbonyl (C=O) groups excluding carboxylic acids is 2. The molecule has 0 aliphatic heterocycles. The summed E-state index contributed by atoms with van der Waals surface area (Å²) in [7, 11) is 0. The van der Waals surface area contributed by atoms with Gasteiger partial charge in [-0.3, -0.25) is 4.79 Å². The summed E-state index contributed by atoms with van der Waals surface area (Å²) in [5.41, 5.74) is 0.157. The summed E-state index contributed by atoms with van der Waals surface area (Å²) >= 11 is 0. The number of hydrogen-bond donors (Lipinski definition) is 3. The first-order valence-corrected chi connectivity index (χ1v) is 10.3. The lowest BCUT2D eigenvalue weighted by Crippen LogP contribution is -2.47. The zero-order chi connectivity index (χ0) is 23.3. The third-order valence-corrected chi connectivity index (χ3v) is 4.94. The maximum atomic E-state index is 13.3. The third-order valence-electron chi connectivity index (χ3n) is 4.94. The lowest BCUT2D eigenvalue weighted by Gasteiger charge is -2.26. The van der Waals surface area contributed by atoms with Crippen LogP contribution in [-0.4, -0.2) is 38.5 Å². The Balaban J connectivity index is 2.31. The third kappa shape index (κ3) is 5.93. The molecule has 1 aromatic carbocycles. The number of aromatic nitrogens is 1. The van der Waals surface area contributed by atoms with Crippen LogP contribution in [0.1, 0.15) is 62.5 Å². The second kappa shape index (κ2) is 9.76. The van der Waals surface area contributed by atoms with Crippen LogP contribution < -0.4 is 10.2 Å². The standard InChI is InChI=1S/C23H32N2O6/c1-7-14(2)18(24-22(29)31-23(4,5)6)19(26)17-15(3)20(27)25(21(17)28)30-13-16-11-9-8-10-12-16/h8-12,14,18,27-28H,7,13H2,1-6H3,(H,24,29)/t14-,18-/m0/s1. The highest BCUT2D eigenvalue weighted by Gasteiger charge is 2.35. The lowest BCUT2D eigenvalue weighted by molar-refractivity contribution is 0.0469. The van der Waals surface area contributed by atoms with E-state index in [4.69, 9.17) is 9.57 Å². The van der Waals surface area contributed by atoms with E-state index in [-0.39, 0.29) is 29.5 Å². The van der Waals surface area contributed by atoms with Crippen LogP contribution in [-0.2, 0) is 11.3 Å². The Morgan fingerprint density at radius 1 is 1.13 bits per heavy atom. The second-order valence-electron chi connectivity index (χ2n) is 8.57. The first-order chi connectivity index (χ1) is 14.5. The number of ether oxygens (including phenoxy) is 1. The summed E-state index contributed by atoms with van der Waals surface area (Å²) in [6, 6.07) is 8.26. The largest absolute Gasteiger partial charge is 0.492 e.